The lowest BCUT2D eigenvalue weighted by Crippen LogP contribution is -2.18. The fourth-order valence-corrected chi connectivity index (χ4v) is 0. The SMILES string of the molecule is FB(F)F.NC(N)=O. The van der Waals surface area contributed by atoms with Crippen LogP contribution in [0.3, 0.4) is 0 Å². The third kappa shape index (κ3) is 114. The van der Waals surface area contributed by atoms with E-state index in [0.29, 0.717) is 0 Å². The van der Waals surface area contributed by atoms with Crippen molar-refractivity contribution in [1.82, 2.24) is 0 Å². The molecule has 0 radical (unpaired) electrons. The van der Waals surface area contributed by atoms with E-state index in [2.05, 4.69) is 11.5 Å². The van der Waals surface area contributed by atoms with Crippen molar-refractivity contribution in [3.63, 3.8) is 0 Å². The van der Waals surface area contributed by atoms with E-state index in [9.17, 15) is 12.9 Å². The van der Waals surface area contributed by atoms with Crippen LogP contribution in [0.2, 0.25) is 0 Å². The number of hydrogen-bond acceptors (Lipinski definition) is 1. The lowest BCUT2D eigenvalue weighted by molar-refractivity contribution is 0.256. The molecule has 0 aromatic carbocycles. The van der Waals surface area contributed by atoms with Crippen molar-refractivity contribution in [1.29, 1.82) is 0 Å². The smallest absolute Gasteiger partial charge is 0.352 e. The Morgan fingerprint density at radius 1 is 1.25 bits per heavy atom. The normalized spacial score (nSPS) is 6.38. The Morgan fingerprint density at radius 2 is 1.25 bits per heavy atom. The zero-order chi connectivity index (χ0) is 7.15. The molecule has 48 valence electrons. The maximum atomic E-state index is 9.67. The highest BCUT2D eigenvalue weighted by molar-refractivity contribution is 6.33. The Labute approximate surface area is 44.1 Å². The second-order valence-corrected chi connectivity index (χ2v) is 0.650. The zero-order valence-electron chi connectivity index (χ0n) is 3.77. The van der Waals surface area contributed by atoms with E-state index in [1.165, 1.54) is 0 Å². The van der Waals surface area contributed by atoms with Crippen molar-refractivity contribution >= 4 is 13.6 Å². The van der Waals surface area contributed by atoms with Gasteiger partial charge in [-0.05, 0) is 0 Å². The fourth-order valence-electron chi connectivity index (χ4n) is 0. The Hall–Kier alpha value is -0.875. The van der Waals surface area contributed by atoms with Gasteiger partial charge in [-0.15, -0.1) is 0 Å². The van der Waals surface area contributed by atoms with Gasteiger partial charge < -0.3 is 11.5 Å². The molecule has 4 N–H and O–H groups in total. The summed E-state index contributed by atoms with van der Waals surface area (Å²) in [6.45, 7) is 0. The molecular formula is CH4BF3N2O. The van der Waals surface area contributed by atoms with Gasteiger partial charge in [-0.25, -0.2) is 4.79 Å². The van der Waals surface area contributed by atoms with E-state index >= 15 is 0 Å². The average Bonchev–Trinajstić information content (AvgIpc) is 1.25. The Bertz CT molecular complexity index is 61.5. The van der Waals surface area contributed by atoms with Gasteiger partial charge in [0.1, 0.15) is 0 Å². The minimum atomic E-state index is -3.67. The van der Waals surface area contributed by atoms with Gasteiger partial charge in [0.15, 0.2) is 0 Å². The van der Waals surface area contributed by atoms with Crippen molar-refractivity contribution in [3.05, 3.63) is 0 Å². The summed E-state index contributed by atoms with van der Waals surface area (Å²) in [7, 11) is -3.67. The molecule has 3 nitrogen and oxygen atoms in total. The van der Waals surface area contributed by atoms with Crippen molar-refractivity contribution in [2.75, 3.05) is 0 Å². The molecule has 8 heavy (non-hydrogen) atoms. The van der Waals surface area contributed by atoms with Crippen LogP contribution in [0.4, 0.5) is 17.7 Å². The first-order chi connectivity index (χ1) is 3.46. The lowest BCUT2D eigenvalue weighted by Gasteiger charge is -1.62. The molecular weight excluding hydrogens is 124 g/mol. The highest BCUT2D eigenvalue weighted by Gasteiger charge is 2.06. The predicted octanol–water partition coefficient (Wildman–Crippen LogP) is -0.0964. The number of nitrogens with two attached hydrogens (primary N) is 2. The largest absolute Gasteiger partial charge is 0.762 e. The maximum Gasteiger partial charge on any atom is 0.762 e. The number of carbonyl (C=O) groups is 1. The van der Waals surface area contributed by atoms with Crippen molar-refractivity contribution in [2.24, 2.45) is 11.5 Å². The second kappa shape index (κ2) is 6.12. The molecule has 0 saturated carbocycles. The number of amides is 2. The van der Waals surface area contributed by atoms with Gasteiger partial charge >= 0.3 is 13.6 Å². The molecule has 0 aromatic rings. The van der Waals surface area contributed by atoms with E-state index in [1.54, 1.807) is 0 Å². The van der Waals surface area contributed by atoms with Crippen LogP contribution in [0.5, 0.6) is 0 Å². The predicted molar refractivity (Wildman–Crippen MR) is 22.8 cm³/mol. The highest BCUT2D eigenvalue weighted by Crippen LogP contribution is 1.80. The van der Waals surface area contributed by atoms with Gasteiger partial charge in [-0.3, -0.25) is 12.9 Å². The van der Waals surface area contributed by atoms with E-state index in [1.807, 2.05) is 0 Å². The van der Waals surface area contributed by atoms with Crippen molar-refractivity contribution in [2.45, 2.75) is 0 Å². The number of urea groups is 1. The van der Waals surface area contributed by atoms with E-state index in [4.69, 9.17) is 4.79 Å². The summed E-state index contributed by atoms with van der Waals surface area (Å²) in [6.07, 6.45) is 0. The summed E-state index contributed by atoms with van der Waals surface area (Å²) in [6, 6.07) is -0.833. The number of primary amides is 2. The summed E-state index contributed by atoms with van der Waals surface area (Å²) in [4.78, 5) is 9.00. The summed E-state index contributed by atoms with van der Waals surface area (Å²) >= 11 is 0. The number of carbonyl (C=O) groups excluding carboxylic acids is 1. The molecule has 0 unspecified atom stereocenters. The fraction of sp³-hybridized carbons (Fsp3) is 0. The summed E-state index contributed by atoms with van der Waals surface area (Å²) in [5.41, 5.74) is 8.50. The quantitative estimate of drug-likeness (QED) is 0.439. The molecule has 0 fully saturated rings. The van der Waals surface area contributed by atoms with Gasteiger partial charge in [0.2, 0.25) is 0 Å². The molecule has 2 amide bonds. The molecule has 0 atom stereocenters. The molecule has 0 heterocycles. The molecule has 0 aromatic heterocycles. The van der Waals surface area contributed by atoms with Crippen LogP contribution in [0, 0.1) is 0 Å². The van der Waals surface area contributed by atoms with Crippen LogP contribution in [-0.2, 0) is 0 Å². The molecule has 0 aliphatic heterocycles. The second-order valence-electron chi connectivity index (χ2n) is 0.650. The number of halogens is 3. The minimum Gasteiger partial charge on any atom is -0.352 e. The summed E-state index contributed by atoms with van der Waals surface area (Å²) in [5.74, 6) is 0. The zero-order valence-corrected chi connectivity index (χ0v) is 3.77. The first kappa shape index (κ1) is 10.2. The van der Waals surface area contributed by atoms with Gasteiger partial charge in [-0.2, -0.15) is 0 Å². The Balaban J connectivity index is 0. The van der Waals surface area contributed by atoms with Crippen LogP contribution in [0.1, 0.15) is 0 Å². The molecule has 0 aliphatic carbocycles. The average molecular weight is 128 g/mol. The van der Waals surface area contributed by atoms with Crippen LogP contribution in [0.15, 0.2) is 0 Å². The third-order valence-corrected chi connectivity index (χ3v) is 0. The molecule has 0 aliphatic rings. The molecule has 7 heteroatoms. The third-order valence-electron chi connectivity index (χ3n) is 0. The Morgan fingerprint density at radius 3 is 1.25 bits per heavy atom. The minimum absolute atomic E-state index is 0.833. The molecule has 0 rings (SSSR count). The number of hydrogen-bond donors (Lipinski definition) is 2. The van der Waals surface area contributed by atoms with E-state index in [0.717, 1.165) is 0 Å². The topological polar surface area (TPSA) is 69.1 Å². The monoisotopic (exact) mass is 128 g/mol. The molecule has 0 spiro atoms. The first-order valence-electron chi connectivity index (χ1n) is 1.44. The van der Waals surface area contributed by atoms with Crippen molar-refractivity contribution < 1.29 is 17.7 Å². The number of rotatable bonds is 0. The van der Waals surface area contributed by atoms with Gasteiger partial charge in [0.05, 0.1) is 0 Å². The summed E-state index contributed by atoms with van der Waals surface area (Å²) < 4.78 is 29.0. The van der Waals surface area contributed by atoms with Gasteiger partial charge in [-0.1, -0.05) is 0 Å². The van der Waals surface area contributed by atoms with Crippen LogP contribution in [0.25, 0.3) is 0 Å². The first-order valence-corrected chi connectivity index (χ1v) is 1.44. The highest BCUT2D eigenvalue weighted by atomic mass is 19.4. The van der Waals surface area contributed by atoms with Crippen LogP contribution in [-0.4, -0.2) is 13.6 Å². The van der Waals surface area contributed by atoms with Gasteiger partial charge in [0.25, 0.3) is 0 Å². The standard InChI is InChI=1S/CH4N2O.BF3/c2*2-1(3)4/h(H4,2,3,4);. The maximum absolute atomic E-state index is 9.67. The van der Waals surface area contributed by atoms with E-state index < -0.39 is 13.6 Å². The van der Waals surface area contributed by atoms with Crippen LogP contribution < -0.4 is 11.5 Å². The molecule has 0 bridgehead atoms. The van der Waals surface area contributed by atoms with E-state index in [-0.39, 0.29) is 0 Å². The van der Waals surface area contributed by atoms with Crippen LogP contribution >= 0.6 is 0 Å². The summed E-state index contributed by atoms with van der Waals surface area (Å²) in [5, 5.41) is 0. The van der Waals surface area contributed by atoms with Crippen molar-refractivity contribution in [3.8, 4) is 0 Å². The van der Waals surface area contributed by atoms with Gasteiger partial charge in [0, 0.05) is 0 Å². The lowest BCUT2D eigenvalue weighted by atomic mass is 10.5. The Kier molecular flexibility index (Phi) is 7.79. The molecule has 0 saturated heterocycles.